The molecule has 0 amide bonds. The summed E-state index contributed by atoms with van der Waals surface area (Å²) < 4.78 is 147. The Hall–Kier alpha value is 0.120. The van der Waals surface area contributed by atoms with Crippen molar-refractivity contribution in [2.24, 2.45) is 0 Å². The van der Waals surface area contributed by atoms with Crippen molar-refractivity contribution in [3.05, 3.63) is 0 Å². The first kappa shape index (κ1) is 33.1. The van der Waals surface area contributed by atoms with Crippen LogP contribution in [0.25, 0.3) is 0 Å². The minimum absolute atomic E-state index is 0. The van der Waals surface area contributed by atoms with Gasteiger partial charge >= 0.3 is 29.6 Å². The number of benzene rings is 1. The van der Waals surface area contributed by atoms with Gasteiger partial charge < -0.3 is 0 Å². The molecule has 0 aromatic heterocycles. The second-order valence-electron chi connectivity index (χ2n) is 5.10. The molecule has 1 aromatic carbocycles. The average Bonchev–Trinajstić information content (AvgIpc) is 2.71. The fourth-order valence-electron chi connectivity index (χ4n) is 2.19. The van der Waals surface area contributed by atoms with Crippen LogP contribution in [0, 0.1) is 0 Å². The van der Waals surface area contributed by atoms with E-state index in [1.165, 1.54) is 0 Å². The van der Waals surface area contributed by atoms with E-state index < -0.39 is 80.0 Å². The topological polar surface area (TPSA) is 217 Å². The van der Waals surface area contributed by atoms with Gasteiger partial charge in [-0.25, -0.2) is 0 Å². The van der Waals surface area contributed by atoms with Crippen molar-refractivity contribution in [1.29, 1.82) is 0 Å². The molecular weight excluding hydrogens is 587 g/mol. The van der Waals surface area contributed by atoms with E-state index in [0.29, 0.717) is 35.5 Å². The Morgan fingerprint density at radius 1 is 0.424 bits per heavy atom. The number of hydrogen-bond acceptors (Lipinski definition) is 16. The fourth-order valence-corrected chi connectivity index (χ4v) is 10.1. The van der Waals surface area contributed by atoms with Crippen LogP contribution in [-0.4, -0.2) is 107 Å². The van der Waals surface area contributed by atoms with Gasteiger partial charge in [-0.05, 0) is 0 Å². The first-order valence-corrected chi connectivity index (χ1v) is 14.8. The van der Waals surface area contributed by atoms with Gasteiger partial charge in [0.25, 0.3) is 50.6 Å². The van der Waals surface area contributed by atoms with Gasteiger partial charge in [0, 0.05) is 4.90 Å². The summed E-state index contributed by atoms with van der Waals surface area (Å²) in [5, 5.41) is 0. The van der Waals surface area contributed by atoms with Crippen LogP contribution in [0.1, 0.15) is 0 Å². The molecule has 1 rings (SSSR count). The van der Waals surface area contributed by atoms with Gasteiger partial charge in [-0.1, -0.05) is 0 Å². The van der Waals surface area contributed by atoms with Crippen LogP contribution in [0.15, 0.2) is 29.4 Å². The van der Waals surface area contributed by atoms with Gasteiger partial charge in [0.05, 0.1) is 35.5 Å². The molecule has 0 saturated heterocycles. The molecule has 0 atom stereocenters. The third-order valence-corrected chi connectivity index (χ3v) is 11.6. The molecule has 22 heteroatoms. The van der Waals surface area contributed by atoms with E-state index >= 15 is 0 Å². The van der Waals surface area contributed by atoms with E-state index in [2.05, 4.69) is 33.5 Å². The Balaban J connectivity index is 0.0000102. The fraction of sp³-hybridized carbons (Fsp3) is 0.455. The molecule has 0 heterocycles. The summed E-state index contributed by atoms with van der Waals surface area (Å²) in [6.07, 6.45) is 0. The molecule has 0 saturated carbocycles. The van der Waals surface area contributed by atoms with Gasteiger partial charge in [-0.2, -0.15) is 42.1 Å². The SMILES string of the molecule is COS(=O)(=O)c1c(S)c(S(=O)(=O)OC)c(S(=O)(=O)OC)c(S(=O)(=O)OC)c1S(=O)(=O)OC.[NaH]. The third kappa shape index (κ3) is 6.10. The van der Waals surface area contributed by atoms with Gasteiger partial charge in [0.1, 0.15) is 24.5 Å². The molecule has 188 valence electrons. The van der Waals surface area contributed by atoms with Crippen LogP contribution in [0.4, 0.5) is 0 Å². The number of hydrogen-bond donors (Lipinski definition) is 1. The van der Waals surface area contributed by atoms with Crippen molar-refractivity contribution in [3.63, 3.8) is 0 Å². The van der Waals surface area contributed by atoms with Crippen LogP contribution in [0.2, 0.25) is 0 Å². The normalized spacial score (nSPS) is 13.5. The maximum absolute atomic E-state index is 12.7. The van der Waals surface area contributed by atoms with Crippen molar-refractivity contribution in [3.8, 4) is 0 Å². The molecule has 33 heavy (non-hydrogen) atoms. The van der Waals surface area contributed by atoms with E-state index in [1.54, 1.807) is 0 Å². The molecule has 15 nitrogen and oxygen atoms in total. The van der Waals surface area contributed by atoms with Crippen LogP contribution >= 0.6 is 12.6 Å². The van der Waals surface area contributed by atoms with Gasteiger partial charge in [-0.15, -0.1) is 12.6 Å². The molecule has 0 N–H and O–H groups in total. The molecule has 0 fully saturated rings. The molecular formula is C11H17NaO15S6. The van der Waals surface area contributed by atoms with E-state index in [-0.39, 0.29) is 29.6 Å². The first-order chi connectivity index (χ1) is 14.3. The number of thiol groups is 1. The second kappa shape index (κ2) is 11.0. The maximum atomic E-state index is 12.7. The van der Waals surface area contributed by atoms with Crippen LogP contribution in [0.3, 0.4) is 0 Å². The predicted octanol–water partition coefficient (Wildman–Crippen LogP) is -2.00. The van der Waals surface area contributed by atoms with Crippen molar-refractivity contribution in [2.75, 3.05) is 35.5 Å². The molecule has 0 aliphatic carbocycles. The van der Waals surface area contributed by atoms with E-state index in [9.17, 15) is 42.1 Å². The minimum atomic E-state index is -5.54. The standard InChI is InChI=1S/C11H16O15S6.Na.H/c1-22-28(12,13)7-6(27)8(29(14,15)23-2)10(31(18,19)25-4)11(32(20,21)26-5)9(7)30(16,17)24-3;;/h27H,1-5H3;;. The summed E-state index contributed by atoms with van der Waals surface area (Å²) in [5.41, 5.74) is 0. The second-order valence-corrected chi connectivity index (χ2v) is 13.8. The Morgan fingerprint density at radius 2 is 0.576 bits per heavy atom. The Bertz CT molecular complexity index is 1360. The van der Waals surface area contributed by atoms with Gasteiger partial charge in [0.2, 0.25) is 0 Å². The zero-order chi connectivity index (χ0) is 25.5. The van der Waals surface area contributed by atoms with Crippen LogP contribution < -0.4 is 0 Å². The number of rotatable bonds is 10. The summed E-state index contributed by atoms with van der Waals surface area (Å²) in [6.45, 7) is 0. The summed E-state index contributed by atoms with van der Waals surface area (Å²) in [6, 6.07) is 0. The summed E-state index contributed by atoms with van der Waals surface area (Å²) in [7, 11) is -24.6. The van der Waals surface area contributed by atoms with E-state index in [4.69, 9.17) is 0 Å². The average molecular weight is 605 g/mol. The molecule has 0 spiro atoms. The Labute approximate surface area is 219 Å². The zero-order valence-electron chi connectivity index (χ0n) is 16.6. The quantitative estimate of drug-likeness (QED) is 0.174. The Kier molecular flexibility index (Phi) is 11.1. The molecule has 0 aliphatic heterocycles. The Morgan fingerprint density at radius 3 is 0.758 bits per heavy atom. The molecule has 0 bridgehead atoms. The molecule has 0 radical (unpaired) electrons. The van der Waals surface area contributed by atoms with Gasteiger partial charge in [-0.3, -0.25) is 20.9 Å². The first-order valence-electron chi connectivity index (χ1n) is 7.29. The molecule has 0 unspecified atom stereocenters. The molecule has 1 aromatic rings. The summed E-state index contributed by atoms with van der Waals surface area (Å²) >= 11 is 3.67. The van der Waals surface area contributed by atoms with Crippen molar-refractivity contribution in [2.45, 2.75) is 29.4 Å². The van der Waals surface area contributed by atoms with Crippen molar-refractivity contribution >= 4 is 92.8 Å². The monoisotopic (exact) mass is 604 g/mol. The van der Waals surface area contributed by atoms with E-state index in [0.717, 1.165) is 0 Å². The molecule has 0 aliphatic rings. The van der Waals surface area contributed by atoms with Crippen LogP contribution in [-0.2, 0) is 71.5 Å². The summed E-state index contributed by atoms with van der Waals surface area (Å²) in [5.74, 6) is 0. The predicted molar refractivity (Wildman–Crippen MR) is 112 cm³/mol. The zero-order valence-corrected chi connectivity index (χ0v) is 21.6. The third-order valence-electron chi connectivity index (χ3n) is 3.60. The summed E-state index contributed by atoms with van der Waals surface area (Å²) in [4.78, 5) is -10.5. The van der Waals surface area contributed by atoms with Crippen molar-refractivity contribution < 1.29 is 63.0 Å². The van der Waals surface area contributed by atoms with Gasteiger partial charge in [0.15, 0.2) is 0 Å². The van der Waals surface area contributed by atoms with Crippen molar-refractivity contribution in [1.82, 2.24) is 0 Å². The van der Waals surface area contributed by atoms with E-state index in [1.807, 2.05) is 0 Å². The van der Waals surface area contributed by atoms with Crippen LogP contribution in [0.5, 0.6) is 0 Å².